The van der Waals surface area contributed by atoms with E-state index in [2.05, 4.69) is 0 Å². The fraction of sp³-hybridized carbons (Fsp3) is 0.0667. The number of nitrogens with zero attached hydrogens (tertiary/aromatic N) is 2. The van der Waals surface area contributed by atoms with E-state index in [4.69, 9.17) is 0 Å². The summed E-state index contributed by atoms with van der Waals surface area (Å²) < 4.78 is 55.6. The molecule has 0 bridgehead atoms. The van der Waals surface area contributed by atoms with Crippen LogP contribution in [0, 0.1) is 0 Å². The first kappa shape index (κ1) is 24.2. The molecule has 0 atom stereocenters. The van der Waals surface area contributed by atoms with Crippen LogP contribution in [-0.2, 0) is 32.9 Å². The molecule has 6 nitrogen and oxygen atoms in total. The fourth-order valence-electron chi connectivity index (χ4n) is 4.95. The highest BCUT2D eigenvalue weighted by molar-refractivity contribution is 7.90. The van der Waals surface area contributed by atoms with Crippen molar-refractivity contribution >= 4 is 41.9 Å². The molecule has 0 fully saturated rings. The van der Waals surface area contributed by atoms with Gasteiger partial charge >= 0.3 is 0 Å². The minimum absolute atomic E-state index is 0.240. The monoisotopic (exact) mass is 540 g/mol. The molecule has 0 saturated heterocycles. The number of aryl methyl sites for hydroxylation is 2. The van der Waals surface area contributed by atoms with Crippen LogP contribution in [0.3, 0.4) is 0 Å². The molecular formula is C30H24N2O4S2. The van der Waals surface area contributed by atoms with Gasteiger partial charge in [-0.05, 0) is 72.5 Å². The van der Waals surface area contributed by atoms with Gasteiger partial charge in [0.1, 0.15) is 0 Å². The maximum absolute atomic E-state index is 13.2. The van der Waals surface area contributed by atoms with Crippen molar-refractivity contribution in [3.05, 3.63) is 133 Å². The van der Waals surface area contributed by atoms with Crippen LogP contribution in [0.15, 0.2) is 131 Å². The van der Waals surface area contributed by atoms with Gasteiger partial charge in [0, 0.05) is 23.2 Å². The van der Waals surface area contributed by atoms with E-state index in [0.717, 1.165) is 21.9 Å². The minimum Gasteiger partial charge on any atom is -0.241 e. The smallest absolute Gasteiger partial charge is 0.241 e. The van der Waals surface area contributed by atoms with Gasteiger partial charge in [-0.1, -0.05) is 60.7 Å². The van der Waals surface area contributed by atoms with E-state index in [0.29, 0.717) is 23.9 Å². The van der Waals surface area contributed by atoms with Crippen LogP contribution >= 0.6 is 0 Å². The van der Waals surface area contributed by atoms with Crippen molar-refractivity contribution in [1.29, 1.82) is 0 Å². The first-order valence-corrected chi connectivity index (χ1v) is 15.0. The van der Waals surface area contributed by atoms with Crippen molar-refractivity contribution in [3.63, 3.8) is 0 Å². The summed E-state index contributed by atoms with van der Waals surface area (Å²) in [6.45, 7) is 0. The Bertz CT molecular complexity index is 1840. The molecule has 0 amide bonds. The Morgan fingerprint density at radius 2 is 0.842 bits per heavy atom. The minimum atomic E-state index is -3.71. The number of hydrogen-bond acceptors (Lipinski definition) is 4. The Balaban J connectivity index is 1.33. The van der Waals surface area contributed by atoms with Crippen molar-refractivity contribution in [3.8, 4) is 0 Å². The summed E-state index contributed by atoms with van der Waals surface area (Å²) in [5.41, 5.74) is 3.31. The van der Waals surface area contributed by atoms with Gasteiger partial charge in [-0.25, -0.2) is 24.8 Å². The molecule has 0 aliphatic carbocycles. The second-order valence-corrected chi connectivity index (χ2v) is 12.7. The molecule has 0 spiro atoms. The van der Waals surface area contributed by atoms with Gasteiger partial charge < -0.3 is 0 Å². The fourth-order valence-corrected chi connectivity index (χ4v) is 7.68. The largest absolute Gasteiger partial charge is 0.268 e. The van der Waals surface area contributed by atoms with E-state index >= 15 is 0 Å². The summed E-state index contributed by atoms with van der Waals surface area (Å²) >= 11 is 0. The highest BCUT2D eigenvalue weighted by atomic mass is 32.2. The van der Waals surface area contributed by atoms with E-state index in [9.17, 15) is 16.8 Å². The van der Waals surface area contributed by atoms with Crippen LogP contribution in [0.25, 0.3) is 21.8 Å². The Morgan fingerprint density at radius 3 is 1.24 bits per heavy atom. The number of aromatic nitrogens is 2. The lowest BCUT2D eigenvalue weighted by Gasteiger charge is -2.10. The molecule has 6 aromatic rings. The van der Waals surface area contributed by atoms with E-state index in [1.807, 2.05) is 48.5 Å². The zero-order chi connectivity index (χ0) is 26.3. The molecule has 6 rings (SSSR count). The van der Waals surface area contributed by atoms with Crippen LogP contribution in [0.5, 0.6) is 0 Å². The molecule has 2 heterocycles. The second-order valence-electron chi connectivity index (χ2n) is 9.06. The van der Waals surface area contributed by atoms with Crippen LogP contribution in [0.1, 0.15) is 11.1 Å². The summed E-state index contributed by atoms with van der Waals surface area (Å²) in [5, 5.41) is 1.76. The zero-order valence-electron chi connectivity index (χ0n) is 20.3. The van der Waals surface area contributed by atoms with Crippen LogP contribution < -0.4 is 0 Å². The molecule has 0 aliphatic rings. The van der Waals surface area contributed by atoms with Gasteiger partial charge in [0.25, 0.3) is 20.0 Å². The van der Waals surface area contributed by atoms with E-state index in [1.165, 1.54) is 7.94 Å². The molecule has 38 heavy (non-hydrogen) atoms. The van der Waals surface area contributed by atoms with Crippen molar-refractivity contribution in [2.45, 2.75) is 22.6 Å². The Hall–Kier alpha value is -4.14. The number of rotatable bonds is 7. The first-order valence-electron chi connectivity index (χ1n) is 12.2. The van der Waals surface area contributed by atoms with Gasteiger partial charge in [0.05, 0.1) is 20.8 Å². The van der Waals surface area contributed by atoms with Crippen LogP contribution in [0.2, 0.25) is 0 Å². The third-order valence-corrected chi connectivity index (χ3v) is 10.2. The first-order chi connectivity index (χ1) is 18.4. The summed E-state index contributed by atoms with van der Waals surface area (Å²) in [7, 11) is -7.42. The Labute approximate surface area is 221 Å². The number of fused-ring (bicyclic) bond motifs is 2. The average Bonchev–Trinajstić information content (AvgIpc) is 3.59. The molecule has 0 unspecified atom stereocenters. The van der Waals surface area contributed by atoms with Gasteiger partial charge in [0.15, 0.2) is 0 Å². The van der Waals surface area contributed by atoms with Gasteiger partial charge in [0.2, 0.25) is 0 Å². The van der Waals surface area contributed by atoms with Crippen molar-refractivity contribution < 1.29 is 16.8 Å². The Kier molecular flexibility index (Phi) is 5.93. The Morgan fingerprint density at radius 1 is 0.447 bits per heavy atom. The molecule has 4 aromatic carbocycles. The number of benzene rings is 4. The molecule has 190 valence electrons. The normalized spacial score (nSPS) is 12.3. The lowest BCUT2D eigenvalue weighted by molar-refractivity contribution is 0.587. The zero-order valence-corrected chi connectivity index (χ0v) is 21.9. The predicted octanol–water partition coefficient (Wildman–Crippen LogP) is 5.86. The van der Waals surface area contributed by atoms with Gasteiger partial charge in [-0.2, -0.15) is 0 Å². The van der Waals surface area contributed by atoms with Crippen molar-refractivity contribution in [2.24, 2.45) is 0 Å². The molecule has 0 radical (unpaired) electrons. The average molecular weight is 541 g/mol. The maximum atomic E-state index is 13.2. The topological polar surface area (TPSA) is 78.1 Å². The van der Waals surface area contributed by atoms with E-state index in [1.54, 1.807) is 73.1 Å². The lowest BCUT2D eigenvalue weighted by Crippen LogP contribution is -2.11. The van der Waals surface area contributed by atoms with E-state index < -0.39 is 20.0 Å². The summed E-state index contributed by atoms with van der Waals surface area (Å²) in [6, 6.07) is 31.9. The van der Waals surface area contributed by atoms with Crippen LogP contribution in [0.4, 0.5) is 0 Å². The summed E-state index contributed by atoms with van der Waals surface area (Å²) in [6.07, 6.45) is 4.54. The number of hydrogen-bond donors (Lipinski definition) is 0. The lowest BCUT2D eigenvalue weighted by atomic mass is 9.99. The van der Waals surface area contributed by atoms with Crippen molar-refractivity contribution in [2.75, 3.05) is 0 Å². The summed E-state index contributed by atoms with van der Waals surface area (Å²) in [4.78, 5) is 0.481. The van der Waals surface area contributed by atoms with Gasteiger partial charge in [-0.15, -0.1) is 0 Å². The summed E-state index contributed by atoms with van der Waals surface area (Å²) in [5.74, 6) is 0. The highest BCUT2D eigenvalue weighted by Crippen LogP contribution is 2.28. The molecule has 0 aliphatic heterocycles. The third kappa shape index (κ3) is 4.02. The SMILES string of the molecule is O=S(=O)(c1ccccc1)n1ccc2c(CCc3cccc4c3ccn4S(=O)(=O)c3ccccc3)cccc21. The standard InChI is InChI=1S/C30H24N2O4S2/c33-37(34,25-11-3-1-4-12-25)31-21-19-27-23(9-7-15-29(27)31)17-18-24-10-8-16-30-28(24)20-22-32(30)38(35,36)26-13-5-2-6-14-26/h1-16,19-22H,17-18H2. The van der Waals surface area contributed by atoms with Gasteiger partial charge in [-0.3, -0.25) is 0 Å². The molecule has 0 saturated carbocycles. The molecule has 2 aromatic heterocycles. The van der Waals surface area contributed by atoms with Crippen LogP contribution in [-0.4, -0.2) is 24.8 Å². The third-order valence-electron chi connectivity index (χ3n) is 6.84. The molecular weight excluding hydrogens is 516 g/mol. The second kappa shape index (κ2) is 9.31. The molecule has 8 heteroatoms. The maximum Gasteiger partial charge on any atom is 0.268 e. The van der Waals surface area contributed by atoms with E-state index in [-0.39, 0.29) is 9.79 Å². The van der Waals surface area contributed by atoms with Crippen molar-refractivity contribution in [1.82, 2.24) is 7.94 Å². The highest BCUT2D eigenvalue weighted by Gasteiger charge is 2.21. The molecule has 0 N–H and O–H groups in total. The predicted molar refractivity (Wildman–Crippen MR) is 149 cm³/mol. The quantitative estimate of drug-likeness (QED) is 0.254.